The van der Waals surface area contributed by atoms with Gasteiger partial charge in [-0.2, -0.15) is 0 Å². The molecule has 0 bridgehead atoms. The molecule has 3 aromatic rings. The van der Waals surface area contributed by atoms with Crippen LogP contribution in [0.4, 0.5) is 0 Å². The summed E-state index contributed by atoms with van der Waals surface area (Å²) in [7, 11) is 0. The van der Waals surface area contributed by atoms with Gasteiger partial charge in [0.25, 0.3) is 11.8 Å². The van der Waals surface area contributed by atoms with E-state index in [1.165, 1.54) is 13.8 Å². The summed E-state index contributed by atoms with van der Waals surface area (Å²) in [5.41, 5.74) is -0.789. The van der Waals surface area contributed by atoms with Crippen LogP contribution in [-0.2, 0) is 30.4 Å². The van der Waals surface area contributed by atoms with Crippen LogP contribution < -0.4 is 21.3 Å². The monoisotopic (exact) mass is 556 g/mol. The number of Topliss-reactive ketones (excluding diaryl/α,β-unsaturated/α-hetero) is 1. The van der Waals surface area contributed by atoms with Gasteiger partial charge in [0.1, 0.15) is 12.1 Å². The summed E-state index contributed by atoms with van der Waals surface area (Å²) in [6, 6.07) is 19.2. The number of benzene rings is 3. The molecule has 41 heavy (non-hydrogen) atoms. The van der Waals surface area contributed by atoms with Gasteiger partial charge in [-0.25, -0.2) is 0 Å². The SMILES string of the molecule is C[C@H](NC(=O)[C@]1(C)NC(=O)CCCC1=O)C(=O)N[C@@H](Cc1ccccc1)C(=O)NC(=O)c1ccc2ccccc2c1. The topological polar surface area (TPSA) is 151 Å². The highest BCUT2D eigenvalue weighted by atomic mass is 16.2. The minimum Gasteiger partial charge on any atom is -0.342 e. The number of amides is 5. The fraction of sp³-hybridized carbons (Fsp3) is 0.290. The fourth-order valence-corrected chi connectivity index (χ4v) is 4.62. The quantitative estimate of drug-likeness (QED) is 0.312. The predicted octanol–water partition coefficient (Wildman–Crippen LogP) is 1.96. The molecular weight excluding hydrogens is 524 g/mol. The van der Waals surface area contributed by atoms with Gasteiger partial charge in [-0.3, -0.25) is 34.1 Å². The number of carbonyl (C=O) groups excluding carboxylic acids is 6. The summed E-state index contributed by atoms with van der Waals surface area (Å²) < 4.78 is 0. The van der Waals surface area contributed by atoms with Crippen molar-refractivity contribution in [1.82, 2.24) is 21.3 Å². The second kappa shape index (κ2) is 12.5. The average Bonchev–Trinajstić information content (AvgIpc) is 3.09. The van der Waals surface area contributed by atoms with E-state index in [4.69, 9.17) is 0 Å². The van der Waals surface area contributed by atoms with Gasteiger partial charge in [-0.1, -0.05) is 60.7 Å². The van der Waals surface area contributed by atoms with Gasteiger partial charge in [-0.05, 0) is 48.7 Å². The van der Waals surface area contributed by atoms with E-state index in [1.54, 1.807) is 42.5 Å². The summed E-state index contributed by atoms with van der Waals surface area (Å²) in [5, 5.41) is 11.7. The maximum absolute atomic E-state index is 13.3. The molecule has 5 amide bonds. The van der Waals surface area contributed by atoms with Crippen LogP contribution in [-0.4, -0.2) is 52.9 Å². The Kier molecular flexibility index (Phi) is 8.91. The zero-order chi connectivity index (χ0) is 29.6. The Labute approximate surface area is 237 Å². The molecule has 0 saturated carbocycles. The van der Waals surface area contributed by atoms with Crippen LogP contribution in [0.5, 0.6) is 0 Å². The number of fused-ring (bicyclic) bond motifs is 1. The molecule has 4 N–H and O–H groups in total. The first kappa shape index (κ1) is 29.1. The Morgan fingerprint density at radius 3 is 2.27 bits per heavy atom. The van der Waals surface area contributed by atoms with Crippen molar-refractivity contribution in [2.24, 2.45) is 0 Å². The van der Waals surface area contributed by atoms with E-state index >= 15 is 0 Å². The molecule has 212 valence electrons. The van der Waals surface area contributed by atoms with E-state index in [1.807, 2.05) is 30.3 Å². The number of ketones is 1. The highest BCUT2D eigenvalue weighted by Crippen LogP contribution is 2.17. The second-order valence-electron chi connectivity index (χ2n) is 10.3. The molecule has 0 aromatic heterocycles. The lowest BCUT2D eigenvalue weighted by Gasteiger charge is -2.28. The minimum absolute atomic E-state index is 0.0494. The molecule has 4 rings (SSSR count). The molecule has 10 nitrogen and oxygen atoms in total. The van der Waals surface area contributed by atoms with Crippen molar-refractivity contribution >= 4 is 46.1 Å². The Morgan fingerprint density at radius 1 is 0.854 bits per heavy atom. The normalized spacial score (nSPS) is 18.4. The van der Waals surface area contributed by atoms with Gasteiger partial charge in [0.2, 0.25) is 17.7 Å². The molecule has 3 aromatic carbocycles. The predicted molar refractivity (Wildman–Crippen MR) is 152 cm³/mol. The summed E-state index contributed by atoms with van der Waals surface area (Å²) in [5.74, 6) is -3.76. The highest BCUT2D eigenvalue weighted by Gasteiger charge is 2.44. The van der Waals surface area contributed by atoms with Crippen LogP contribution in [0.15, 0.2) is 72.8 Å². The first-order chi connectivity index (χ1) is 19.6. The van der Waals surface area contributed by atoms with E-state index in [9.17, 15) is 28.8 Å². The largest absolute Gasteiger partial charge is 0.342 e. The van der Waals surface area contributed by atoms with Gasteiger partial charge in [-0.15, -0.1) is 0 Å². The fourth-order valence-electron chi connectivity index (χ4n) is 4.62. The van der Waals surface area contributed by atoms with Gasteiger partial charge >= 0.3 is 0 Å². The molecule has 10 heteroatoms. The molecular formula is C31H32N4O6. The average molecular weight is 557 g/mol. The third-order valence-corrected chi connectivity index (χ3v) is 7.11. The number of hydrogen-bond donors (Lipinski definition) is 4. The second-order valence-corrected chi connectivity index (χ2v) is 10.3. The number of imide groups is 1. The van der Waals surface area contributed by atoms with Gasteiger partial charge in [0.05, 0.1) is 0 Å². The maximum atomic E-state index is 13.3. The van der Waals surface area contributed by atoms with Crippen molar-refractivity contribution in [2.45, 2.75) is 57.2 Å². The third-order valence-electron chi connectivity index (χ3n) is 7.11. The lowest BCUT2D eigenvalue weighted by atomic mass is 9.93. The van der Waals surface area contributed by atoms with Crippen LogP contribution in [0.3, 0.4) is 0 Å². The number of hydrogen-bond acceptors (Lipinski definition) is 6. The Bertz CT molecular complexity index is 1500. The van der Waals surface area contributed by atoms with E-state index < -0.39 is 52.9 Å². The molecule has 1 aliphatic heterocycles. The van der Waals surface area contributed by atoms with Crippen LogP contribution in [0.25, 0.3) is 10.8 Å². The van der Waals surface area contributed by atoms with Gasteiger partial charge in [0.15, 0.2) is 11.3 Å². The number of rotatable bonds is 8. The molecule has 1 heterocycles. The summed E-state index contributed by atoms with van der Waals surface area (Å²) in [6.07, 6.45) is 0.584. The van der Waals surface area contributed by atoms with Crippen LogP contribution in [0.2, 0.25) is 0 Å². The smallest absolute Gasteiger partial charge is 0.257 e. The molecule has 0 spiro atoms. The van der Waals surface area contributed by atoms with Crippen molar-refractivity contribution in [2.75, 3.05) is 0 Å². The summed E-state index contributed by atoms with van der Waals surface area (Å²) in [4.78, 5) is 76.9. The zero-order valence-electron chi connectivity index (χ0n) is 22.9. The molecule has 0 radical (unpaired) electrons. The third kappa shape index (κ3) is 7.02. The Balaban J connectivity index is 1.47. The van der Waals surface area contributed by atoms with E-state index in [0.717, 1.165) is 16.3 Å². The first-order valence-electron chi connectivity index (χ1n) is 13.4. The van der Waals surface area contributed by atoms with Gasteiger partial charge < -0.3 is 16.0 Å². The van der Waals surface area contributed by atoms with Crippen LogP contribution >= 0.6 is 0 Å². The van der Waals surface area contributed by atoms with E-state index in [0.29, 0.717) is 6.42 Å². The van der Waals surface area contributed by atoms with Crippen molar-refractivity contribution in [3.63, 3.8) is 0 Å². The molecule has 0 aliphatic carbocycles. The van der Waals surface area contributed by atoms with Gasteiger partial charge in [0, 0.05) is 24.8 Å². The number of carbonyl (C=O) groups is 6. The van der Waals surface area contributed by atoms with Crippen molar-refractivity contribution < 1.29 is 28.8 Å². The highest BCUT2D eigenvalue weighted by molar-refractivity contribution is 6.14. The molecule has 1 saturated heterocycles. The molecule has 0 unspecified atom stereocenters. The maximum Gasteiger partial charge on any atom is 0.257 e. The number of nitrogens with one attached hydrogen (secondary N) is 4. The first-order valence-corrected chi connectivity index (χ1v) is 13.4. The van der Waals surface area contributed by atoms with Crippen molar-refractivity contribution in [3.05, 3.63) is 83.9 Å². The Hall–Kier alpha value is -4.86. The van der Waals surface area contributed by atoms with Crippen LogP contribution in [0, 0.1) is 0 Å². The molecule has 1 fully saturated rings. The summed E-state index contributed by atoms with van der Waals surface area (Å²) >= 11 is 0. The molecule has 3 atom stereocenters. The summed E-state index contributed by atoms with van der Waals surface area (Å²) in [6.45, 7) is 2.71. The minimum atomic E-state index is -1.81. The Morgan fingerprint density at radius 2 is 1.54 bits per heavy atom. The van der Waals surface area contributed by atoms with Crippen molar-refractivity contribution in [1.29, 1.82) is 0 Å². The zero-order valence-corrected chi connectivity index (χ0v) is 22.9. The lowest BCUT2D eigenvalue weighted by Crippen LogP contribution is -2.63. The molecule has 1 aliphatic rings. The lowest BCUT2D eigenvalue weighted by molar-refractivity contribution is -0.141. The van der Waals surface area contributed by atoms with E-state index in [2.05, 4.69) is 21.3 Å². The van der Waals surface area contributed by atoms with E-state index in [-0.39, 0.29) is 24.8 Å². The standard InChI is InChI=1S/C31H32N4O6/c1-19(32-30(41)31(2)25(36)13-8-14-26(37)35-31)27(38)33-24(17-20-9-4-3-5-10-20)29(40)34-28(39)23-16-15-21-11-6-7-12-22(21)18-23/h3-7,9-12,15-16,18-19,24H,8,13-14,17H2,1-2H3,(H,32,41)(H,33,38)(H,35,37)(H,34,39,40)/t19-,24-,31+/m0/s1. The van der Waals surface area contributed by atoms with Crippen molar-refractivity contribution in [3.8, 4) is 0 Å². The van der Waals surface area contributed by atoms with Crippen LogP contribution in [0.1, 0.15) is 49.0 Å².